The van der Waals surface area contributed by atoms with E-state index in [2.05, 4.69) is 5.32 Å². The van der Waals surface area contributed by atoms with Gasteiger partial charge in [-0.2, -0.15) is 0 Å². The van der Waals surface area contributed by atoms with Crippen molar-refractivity contribution >= 4 is 11.6 Å². The minimum Gasteiger partial charge on any atom is -0.448 e. The zero-order valence-electron chi connectivity index (χ0n) is 5.15. The second-order valence-electron chi connectivity index (χ2n) is 1.74. The Hall–Kier alpha value is -0.470. The summed E-state index contributed by atoms with van der Waals surface area (Å²) in [4.78, 5) is 0. The molecule has 0 aromatic carbocycles. The minimum absolute atomic E-state index is 0.445. The third-order valence-corrected chi connectivity index (χ3v) is 1.18. The van der Waals surface area contributed by atoms with E-state index in [1.165, 1.54) is 0 Å². The van der Waals surface area contributed by atoms with Crippen molar-refractivity contribution in [2.45, 2.75) is 6.54 Å². The standard InChI is InChI=1S/C6H8ClNO/c1-8-4-5-2-3-6(7)9-5/h2-3,8H,4H2,1H3. The van der Waals surface area contributed by atoms with Gasteiger partial charge in [0.25, 0.3) is 0 Å². The van der Waals surface area contributed by atoms with Gasteiger partial charge in [-0.05, 0) is 30.8 Å². The maximum absolute atomic E-state index is 5.50. The third kappa shape index (κ3) is 1.73. The average Bonchev–Trinajstić information content (AvgIpc) is 2.17. The van der Waals surface area contributed by atoms with Gasteiger partial charge in [0.1, 0.15) is 5.76 Å². The Morgan fingerprint density at radius 1 is 1.67 bits per heavy atom. The molecule has 0 aliphatic carbocycles. The van der Waals surface area contributed by atoms with Gasteiger partial charge in [0.2, 0.25) is 0 Å². The van der Waals surface area contributed by atoms with Gasteiger partial charge >= 0.3 is 0 Å². The summed E-state index contributed by atoms with van der Waals surface area (Å²) in [5, 5.41) is 3.39. The van der Waals surface area contributed by atoms with E-state index in [1.807, 2.05) is 13.1 Å². The molecular weight excluding hydrogens is 138 g/mol. The van der Waals surface area contributed by atoms with Crippen LogP contribution in [0.3, 0.4) is 0 Å². The van der Waals surface area contributed by atoms with Gasteiger partial charge in [-0.3, -0.25) is 0 Å². The summed E-state index contributed by atoms with van der Waals surface area (Å²) in [6, 6.07) is 3.58. The first kappa shape index (κ1) is 6.65. The molecule has 0 spiro atoms. The van der Waals surface area contributed by atoms with E-state index in [1.54, 1.807) is 6.07 Å². The van der Waals surface area contributed by atoms with E-state index in [4.69, 9.17) is 16.0 Å². The molecule has 1 rings (SSSR count). The summed E-state index contributed by atoms with van der Waals surface area (Å²) in [7, 11) is 1.86. The van der Waals surface area contributed by atoms with E-state index < -0.39 is 0 Å². The molecule has 0 saturated carbocycles. The Kier molecular flexibility index (Phi) is 2.14. The van der Waals surface area contributed by atoms with Gasteiger partial charge in [0.05, 0.1) is 6.54 Å². The highest BCUT2D eigenvalue weighted by Gasteiger charge is 1.95. The summed E-state index contributed by atoms with van der Waals surface area (Å²) < 4.78 is 5.03. The summed E-state index contributed by atoms with van der Waals surface area (Å²) in [6.45, 7) is 0.729. The van der Waals surface area contributed by atoms with Crippen LogP contribution < -0.4 is 5.32 Å². The second-order valence-corrected chi connectivity index (χ2v) is 2.11. The summed E-state index contributed by atoms with van der Waals surface area (Å²) >= 11 is 5.50. The molecule has 0 atom stereocenters. The van der Waals surface area contributed by atoms with E-state index in [-0.39, 0.29) is 0 Å². The van der Waals surface area contributed by atoms with Crippen molar-refractivity contribution in [1.29, 1.82) is 0 Å². The Balaban J connectivity index is 2.61. The maximum Gasteiger partial charge on any atom is 0.193 e. The largest absolute Gasteiger partial charge is 0.448 e. The fraction of sp³-hybridized carbons (Fsp3) is 0.333. The molecule has 1 aromatic rings. The molecule has 0 saturated heterocycles. The number of hydrogen-bond acceptors (Lipinski definition) is 2. The van der Waals surface area contributed by atoms with Gasteiger partial charge < -0.3 is 9.73 Å². The third-order valence-electron chi connectivity index (χ3n) is 0.980. The van der Waals surface area contributed by atoms with Crippen molar-refractivity contribution in [3.8, 4) is 0 Å². The van der Waals surface area contributed by atoms with E-state index in [0.717, 1.165) is 12.3 Å². The Labute approximate surface area is 58.8 Å². The lowest BCUT2D eigenvalue weighted by Crippen LogP contribution is -2.03. The fourth-order valence-corrected chi connectivity index (χ4v) is 0.783. The predicted octanol–water partition coefficient (Wildman–Crippen LogP) is 1.65. The predicted molar refractivity (Wildman–Crippen MR) is 36.5 cm³/mol. The smallest absolute Gasteiger partial charge is 0.193 e. The van der Waals surface area contributed by atoms with Crippen molar-refractivity contribution in [2.24, 2.45) is 0 Å². The highest BCUT2D eigenvalue weighted by molar-refractivity contribution is 6.28. The van der Waals surface area contributed by atoms with Crippen LogP contribution in [0.1, 0.15) is 5.76 Å². The highest BCUT2D eigenvalue weighted by Crippen LogP contribution is 2.12. The average molecular weight is 146 g/mol. The molecule has 0 amide bonds. The van der Waals surface area contributed by atoms with Crippen LogP contribution in [-0.2, 0) is 6.54 Å². The molecule has 0 aliphatic rings. The number of hydrogen-bond donors (Lipinski definition) is 1. The number of nitrogens with one attached hydrogen (secondary N) is 1. The van der Waals surface area contributed by atoms with Gasteiger partial charge in [-0.15, -0.1) is 0 Å². The molecule has 50 valence electrons. The first-order valence-electron chi connectivity index (χ1n) is 2.72. The van der Waals surface area contributed by atoms with Gasteiger partial charge in [0, 0.05) is 0 Å². The Morgan fingerprint density at radius 2 is 2.44 bits per heavy atom. The van der Waals surface area contributed by atoms with Crippen molar-refractivity contribution in [2.75, 3.05) is 7.05 Å². The number of rotatable bonds is 2. The highest BCUT2D eigenvalue weighted by atomic mass is 35.5. The SMILES string of the molecule is CNCc1ccc(Cl)o1. The van der Waals surface area contributed by atoms with Crippen LogP contribution in [-0.4, -0.2) is 7.05 Å². The molecule has 0 radical (unpaired) electrons. The lowest BCUT2D eigenvalue weighted by molar-refractivity contribution is 0.497. The summed E-state index contributed by atoms with van der Waals surface area (Å²) in [6.07, 6.45) is 0. The van der Waals surface area contributed by atoms with Crippen LogP contribution in [0.15, 0.2) is 16.5 Å². The van der Waals surface area contributed by atoms with Crippen LogP contribution in [0.4, 0.5) is 0 Å². The van der Waals surface area contributed by atoms with Gasteiger partial charge in [-0.25, -0.2) is 0 Å². The Morgan fingerprint density at radius 3 is 2.89 bits per heavy atom. The topological polar surface area (TPSA) is 25.2 Å². The van der Waals surface area contributed by atoms with Crippen molar-refractivity contribution in [1.82, 2.24) is 5.32 Å². The zero-order chi connectivity index (χ0) is 6.69. The van der Waals surface area contributed by atoms with Crippen LogP contribution in [0.2, 0.25) is 5.22 Å². The molecule has 0 unspecified atom stereocenters. The monoisotopic (exact) mass is 145 g/mol. The number of furan rings is 1. The number of halogens is 1. The molecule has 2 nitrogen and oxygen atoms in total. The first-order valence-corrected chi connectivity index (χ1v) is 3.09. The zero-order valence-corrected chi connectivity index (χ0v) is 5.90. The molecular formula is C6H8ClNO. The van der Waals surface area contributed by atoms with Crippen LogP contribution in [0.5, 0.6) is 0 Å². The molecule has 0 bridgehead atoms. The normalized spacial score (nSPS) is 10.0. The fourth-order valence-electron chi connectivity index (χ4n) is 0.621. The first-order chi connectivity index (χ1) is 4.33. The molecule has 0 fully saturated rings. The quantitative estimate of drug-likeness (QED) is 0.685. The Bertz CT molecular complexity index is 185. The van der Waals surface area contributed by atoms with Crippen molar-refractivity contribution in [3.05, 3.63) is 23.1 Å². The van der Waals surface area contributed by atoms with Gasteiger partial charge in [0.15, 0.2) is 5.22 Å². The molecule has 1 heterocycles. The van der Waals surface area contributed by atoms with E-state index in [0.29, 0.717) is 5.22 Å². The molecule has 1 N–H and O–H groups in total. The second kappa shape index (κ2) is 2.90. The maximum atomic E-state index is 5.50. The summed E-state index contributed by atoms with van der Waals surface area (Å²) in [5.74, 6) is 0.863. The van der Waals surface area contributed by atoms with Crippen LogP contribution in [0, 0.1) is 0 Å². The minimum atomic E-state index is 0.445. The van der Waals surface area contributed by atoms with Crippen molar-refractivity contribution < 1.29 is 4.42 Å². The summed E-state index contributed by atoms with van der Waals surface area (Å²) in [5.41, 5.74) is 0. The van der Waals surface area contributed by atoms with Crippen LogP contribution in [0.25, 0.3) is 0 Å². The lowest BCUT2D eigenvalue weighted by Gasteiger charge is -1.89. The van der Waals surface area contributed by atoms with Crippen molar-refractivity contribution in [3.63, 3.8) is 0 Å². The van der Waals surface area contributed by atoms with E-state index >= 15 is 0 Å². The molecule has 9 heavy (non-hydrogen) atoms. The molecule has 1 aromatic heterocycles. The lowest BCUT2D eigenvalue weighted by atomic mass is 10.4. The van der Waals surface area contributed by atoms with E-state index in [9.17, 15) is 0 Å². The molecule has 0 aliphatic heterocycles. The molecule has 3 heteroatoms. The van der Waals surface area contributed by atoms with Gasteiger partial charge in [-0.1, -0.05) is 0 Å². The van der Waals surface area contributed by atoms with Crippen LogP contribution >= 0.6 is 11.6 Å².